The highest BCUT2D eigenvalue weighted by atomic mass is 32.3. The molecule has 5 N–H and O–H groups in total. The molecule has 1 heterocycles. The van der Waals surface area contributed by atoms with Crippen molar-refractivity contribution in [1.82, 2.24) is 10.2 Å². The molecule has 8 heteroatoms. The second-order valence-corrected chi connectivity index (χ2v) is 20.6. The maximum atomic E-state index is 12.1. The van der Waals surface area contributed by atoms with E-state index < -0.39 is 10.6 Å². The average molecular weight is 682 g/mol. The van der Waals surface area contributed by atoms with Gasteiger partial charge in [-0.1, -0.05) is 52.8 Å². The van der Waals surface area contributed by atoms with Crippen LogP contribution in [0.4, 0.5) is 0 Å². The van der Waals surface area contributed by atoms with Gasteiger partial charge >= 0.3 is 5.97 Å². The lowest BCUT2D eigenvalue weighted by atomic mass is 9.33. The Bertz CT molecular complexity index is 1420. The number of nitrogens with one attached hydrogen (secondary N) is 1. The zero-order valence-corrected chi connectivity index (χ0v) is 31.3. The van der Waals surface area contributed by atoms with Gasteiger partial charge in [0.15, 0.2) is 0 Å². The Morgan fingerprint density at radius 2 is 1.65 bits per heavy atom. The highest BCUT2D eigenvalue weighted by Gasteiger charge is 2.70. The number of hydrogen-bond acceptors (Lipinski definition) is 7. The molecule has 7 rings (SSSR count). The van der Waals surface area contributed by atoms with Crippen LogP contribution < -0.4 is 11.1 Å². The Hall–Kier alpha value is -1.42. The van der Waals surface area contributed by atoms with Gasteiger partial charge in [-0.3, -0.25) is 14.0 Å². The van der Waals surface area contributed by atoms with Gasteiger partial charge in [0, 0.05) is 37.8 Å². The summed E-state index contributed by atoms with van der Waals surface area (Å²) in [7, 11) is -0.913. The van der Waals surface area contributed by atoms with Crippen LogP contribution in [0.3, 0.4) is 0 Å². The lowest BCUT2D eigenvalue weighted by molar-refractivity contribution is -0.218. The van der Waals surface area contributed by atoms with Gasteiger partial charge in [0.05, 0.1) is 24.2 Å². The third-order valence-electron chi connectivity index (χ3n) is 16.1. The minimum Gasteiger partial charge on any atom is -0.465 e. The zero-order chi connectivity index (χ0) is 34.3. The van der Waals surface area contributed by atoms with Crippen LogP contribution in [0.5, 0.6) is 0 Å². The molecule has 268 valence electrons. The summed E-state index contributed by atoms with van der Waals surface area (Å²) in [5.41, 5.74) is 11.4. The minimum absolute atomic E-state index is 0.0455. The molecular formula is C40H63N3O4S. The van der Waals surface area contributed by atoms with Crippen LogP contribution in [0.2, 0.25) is 0 Å². The van der Waals surface area contributed by atoms with Crippen LogP contribution >= 0.6 is 10.6 Å². The van der Waals surface area contributed by atoms with E-state index in [-0.39, 0.29) is 39.2 Å². The molecule has 0 amide bonds. The van der Waals surface area contributed by atoms with Crippen LogP contribution in [0, 0.1) is 45.3 Å². The van der Waals surface area contributed by atoms with Crippen molar-refractivity contribution in [2.75, 3.05) is 44.8 Å². The van der Waals surface area contributed by atoms with Crippen molar-refractivity contribution in [3.8, 4) is 0 Å². The maximum absolute atomic E-state index is 12.1. The van der Waals surface area contributed by atoms with Crippen molar-refractivity contribution in [2.24, 2.45) is 51.1 Å². The summed E-state index contributed by atoms with van der Waals surface area (Å²) in [6.45, 7) is 16.5. The Morgan fingerprint density at radius 3 is 2.33 bits per heavy atom. The standard InChI is InChI=1S/C40H63N3O4S/c1-36(2)29(27-7-9-28(10-8-27)35(44)47-6)13-16-37(3)32(36)15-17-39(5)33(37)12-11-30-34-31(41)14-18-40(34,20-19-38(30,39)4)42-21-22-43-23-25-48(45,46)26-24-43/h7-10,13,30-34,42,45-46H,11-12,14-26,41H2,1-6H3/t30-,31-,32+,33-,34+,37+,38-,39-,40+/m1/s1. The number of nitrogens with two attached hydrogens (primary N) is 1. The fourth-order valence-electron chi connectivity index (χ4n) is 13.4. The lowest BCUT2D eigenvalue weighted by Gasteiger charge is -2.72. The summed E-state index contributed by atoms with van der Waals surface area (Å²) in [6, 6.07) is 8.35. The van der Waals surface area contributed by atoms with E-state index in [4.69, 9.17) is 10.5 Å². The average Bonchev–Trinajstić information content (AvgIpc) is 3.38. The number of carbonyl (C=O) groups is 1. The number of fused-ring (bicyclic) bond motifs is 7. The topological polar surface area (TPSA) is 108 Å². The van der Waals surface area contributed by atoms with E-state index in [0.717, 1.165) is 39.0 Å². The first-order valence-corrected chi connectivity index (χ1v) is 20.8. The van der Waals surface area contributed by atoms with Crippen molar-refractivity contribution >= 4 is 22.1 Å². The van der Waals surface area contributed by atoms with Gasteiger partial charge in [-0.25, -0.2) is 4.79 Å². The number of rotatable bonds is 6. The van der Waals surface area contributed by atoms with E-state index in [2.05, 4.69) is 63.0 Å². The summed E-state index contributed by atoms with van der Waals surface area (Å²) in [5, 5.41) is 4.15. The van der Waals surface area contributed by atoms with E-state index in [9.17, 15) is 13.9 Å². The Kier molecular flexibility index (Phi) is 8.81. The largest absolute Gasteiger partial charge is 0.465 e. The molecule has 0 radical (unpaired) electrons. The zero-order valence-electron chi connectivity index (χ0n) is 30.5. The second kappa shape index (κ2) is 12.1. The molecule has 48 heavy (non-hydrogen) atoms. The maximum Gasteiger partial charge on any atom is 0.337 e. The molecule has 0 spiro atoms. The summed E-state index contributed by atoms with van der Waals surface area (Å²) >= 11 is 0. The first-order chi connectivity index (χ1) is 22.6. The van der Waals surface area contributed by atoms with Gasteiger partial charge in [0.2, 0.25) is 0 Å². The molecule has 5 aliphatic carbocycles. The SMILES string of the molecule is COC(=O)c1ccc(C2=CC[C@]3(C)[C@H]4CC[C@@H]5[C@H]6[C@H](N)CC[C@]6(NCCN6CCS(O)(O)CC6)CC[C@@]5(C)[C@]4(C)CC[C@H]3C2(C)C)cc1. The molecule has 1 aromatic rings. The first-order valence-electron chi connectivity index (χ1n) is 19.0. The minimum atomic E-state index is -2.35. The molecule has 0 unspecified atom stereocenters. The molecule has 0 bridgehead atoms. The quantitative estimate of drug-likeness (QED) is 0.228. The molecule has 9 atom stereocenters. The molecular weight excluding hydrogens is 619 g/mol. The van der Waals surface area contributed by atoms with E-state index in [0.29, 0.717) is 40.7 Å². The number of carbonyl (C=O) groups excluding carboxylic acids is 1. The number of allylic oxidation sites excluding steroid dienone is 2. The molecule has 1 aromatic carbocycles. The number of methoxy groups -OCH3 is 1. The highest BCUT2D eigenvalue weighted by molar-refractivity contribution is 8.24. The van der Waals surface area contributed by atoms with Crippen molar-refractivity contribution in [2.45, 2.75) is 104 Å². The number of benzene rings is 1. The molecule has 1 saturated heterocycles. The van der Waals surface area contributed by atoms with Crippen LogP contribution in [0.15, 0.2) is 30.3 Å². The molecule has 6 aliphatic rings. The lowest BCUT2D eigenvalue weighted by Crippen LogP contribution is -2.69. The molecule has 0 aromatic heterocycles. The van der Waals surface area contributed by atoms with Gasteiger partial charge in [-0.2, -0.15) is 10.6 Å². The predicted molar refractivity (Wildman–Crippen MR) is 197 cm³/mol. The highest BCUT2D eigenvalue weighted by Crippen LogP contribution is 2.76. The third-order valence-corrected chi connectivity index (χ3v) is 17.7. The van der Waals surface area contributed by atoms with Crippen LogP contribution in [-0.2, 0) is 4.74 Å². The Balaban J connectivity index is 1.11. The van der Waals surface area contributed by atoms with Crippen molar-refractivity contribution in [3.05, 3.63) is 41.5 Å². The van der Waals surface area contributed by atoms with Gasteiger partial charge in [0.25, 0.3) is 0 Å². The van der Waals surface area contributed by atoms with Crippen molar-refractivity contribution in [3.63, 3.8) is 0 Å². The van der Waals surface area contributed by atoms with Gasteiger partial charge in [-0.05, 0) is 126 Å². The predicted octanol–water partition coefficient (Wildman–Crippen LogP) is 7.67. The first kappa shape index (κ1) is 35.0. The van der Waals surface area contributed by atoms with Crippen molar-refractivity contribution < 1.29 is 18.6 Å². The molecule has 1 aliphatic heterocycles. The van der Waals surface area contributed by atoms with Gasteiger partial charge in [-0.15, -0.1) is 0 Å². The summed E-state index contributed by atoms with van der Waals surface area (Å²) in [4.78, 5) is 14.5. The van der Waals surface area contributed by atoms with Crippen LogP contribution in [0.1, 0.15) is 108 Å². The summed E-state index contributed by atoms with van der Waals surface area (Å²) < 4.78 is 25.1. The Labute approximate surface area is 291 Å². The Morgan fingerprint density at radius 1 is 0.938 bits per heavy atom. The number of hydrogen-bond donors (Lipinski definition) is 4. The van der Waals surface area contributed by atoms with Crippen LogP contribution in [0.25, 0.3) is 5.57 Å². The number of esters is 1. The van der Waals surface area contributed by atoms with E-state index in [1.165, 1.54) is 63.2 Å². The van der Waals surface area contributed by atoms with Gasteiger partial charge in [0.1, 0.15) is 0 Å². The summed E-state index contributed by atoms with van der Waals surface area (Å²) in [5.74, 6) is 3.23. The molecule has 7 nitrogen and oxygen atoms in total. The fourth-order valence-corrected chi connectivity index (χ4v) is 14.7. The van der Waals surface area contributed by atoms with E-state index in [1.807, 2.05) is 12.1 Å². The van der Waals surface area contributed by atoms with E-state index in [1.54, 1.807) is 0 Å². The van der Waals surface area contributed by atoms with Crippen LogP contribution in [-0.4, -0.2) is 76.4 Å². The second-order valence-electron chi connectivity index (χ2n) is 18.1. The smallest absolute Gasteiger partial charge is 0.337 e. The van der Waals surface area contributed by atoms with Crippen molar-refractivity contribution in [1.29, 1.82) is 0 Å². The van der Waals surface area contributed by atoms with E-state index >= 15 is 0 Å². The molecule has 4 saturated carbocycles. The number of nitrogens with zero attached hydrogens (tertiary/aromatic N) is 1. The monoisotopic (exact) mass is 681 g/mol. The molecule has 5 fully saturated rings. The van der Waals surface area contributed by atoms with Gasteiger partial charge < -0.3 is 15.8 Å². The summed E-state index contributed by atoms with van der Waals surface area (Å²) in [6.07, 6.45) is 13.6. The fraction of sp³-hybridized carbons (Fsp3) is 0.775. The normalized spacial score (nSPS) is 43.9. The number of ether oxygens (including phenoxy) is 1. The third kappa shape index (κ3) is 5.28.